The van der Waals surface area contributed by atoms with Gasteiger partial charge >= 0.3 is 0 Å². The van der Waals surface area contributed by atoms with E-state index in [1.54, 1.807) is 4.68 Å². The maximum absolute atomic E-state index is 12.5. The summed E-state index contributed by atoms with van der Waals surface area (Å²) in [4.78, 5) is 24.4. The number of anilines is 1. The highest BCUT2D eigenvalue weighted by atomic mass is 16.2. The molecular weight excluding hydrogens is 330 g/mol. The fourth-order valence-corrected chi connectivity index (χ4v) is 4.11. The number of hydrogen-bond donors (Lipinski definition) is 3. The number of nitrogens with zero attached hydrogens (tertiary/aromatic N) is 2. The van der Waals surface area contributed by atoms with Gasteiger partial charge in [0, 0.05) is 30.9 Å². The van der Waals surface area contributed by atoms with Crippen molar-refractivity contribution >= 4 is 17.6 Å². The SMILES string of the molecule is CC1CC(=O)NC(n2nc(C3CC3)cc2NC(=O)CCC2CCCC2)N1. The predicted molar refractivity (Wildman–Crippen MR) is 98.4 cm³/mol. The lowest BCUT2D eigenvalue weighted by Gasteiger charge is -2.30. The van der Waals surface area contributed by atoms with Crippen LogP contribution >= 0.6 is 0 Å². The Balaban J connectivity index is 1.45. The van der Waals surface area contributed by atoms with Crippen LogP contribution in [0, 0.1) is 5.92 Å². The van der Waals surface area contributed by atoms with Crippen molar-refractivity contribution in [3.8, 4) is 0 Å². The molecule has 1 saturated heterocycles. The third-order valence-corrected chi connectivity index (χ3v) is 5.75. The average molecular weight is 359 g/mol. The standard InChI is InChI=1S/C19H29N5O2/c1-12-10-18(26)22-19(20-12)24-16(11-15(23-24)14-7-8-14)21-17(25)9-6-13-4-2-3-5-13/h11-14,19-20H,2-10H2,1H3,(H,21,25)(H,22,26). The zero-order valence-corrected chi connectivity index (χ0v) is 15.5. The van der Waals surface area contributed by atoms with Crippen LogP contribution in [0.1, 0.15) is 82.6 Å². The minimum atomic E-state index is -0.413. The van der Waals surface area contributed by atoms with E-state index in [0.717, 1.165) is 25.0 Å². The second kappa shape index (κ2) is 7.39. The number of carbonyl (C=O) groups excluding carboxylic acids is 2. The number of carbonyl (C=O) groups is 2. The molecule has 1 aliphatic heterocycles. The molecule has 0 bridgehead atoms. The Labute approximate surface area is 154 Å². The van der Waals surface area contributed by atoms with Crippen LogP contribution in [-0.2, 0) is 9.59 Å². The van der Waals surface area contributed by atoms with Gasteiger partial charge in [-0.2, -0.15) is 5.10 Å². The molecule has 2 unspecified atom stereocenters. The molecule has 0 spiro atoms. The molecule has 26 heavy (non-hydrogen) atoms. The molecule has 3 fully saturated rings. The van der Waals surface area contributed by atoms with E-state index in [-0.39, 0.29) is 17.9 Å². The third-order valence-electron chi connectivity index (χ3n) is 5.75. The van der Waals surface area contributed by atoms with Crippen molar-refractivity contribution in [2.24, 2.45) is 5.92 Å². The molecule has 0 aromatic carbocycles. The zero-order valence-electron chi connectivity index (χ0n) is 15.5. The van der Waals surface area contributed by atoms with Crippen LogP contribution in [0.15, 0.2) is 6.07 Å². The molecule has 2 atom stereocenters. The molecule has 3 N–H and O–H groups in total. The smallest absolute Gasteiger partial charge is 0.225 e. The second-order valence-electron chi connectivity index (χ2n) is 8.15. The molecule has 1 aromatic rings. The molecule has 2 amide bonds. The van der Waals surface area contributed by atoms with Crippen molar-refractivity contribution in [2.75, 3.05) is 5.32 Å². The van der Waals surface area contributed by atoms with Crippen LogP contribution in [0.3, 0.4) is 0 Å². The molecule has 3 aliphatic rings. The number of hydrogen-bond acceptors (Lipinski definition) is 4. The van der Waals surface area contributed by atoms with E-state index in [4.69, 9.17) is 0 Å². The first-order valence-corrected chi connectivity index (χ1v) is 10.0. The Morgan fingerprint density at radius 3 is 2.77 bits per heavy atom. The molecule has 2 heterocycles. The lowest BCUT2D eigenvalue weighted by Crippen LogP contribution is -2.52. The van der Waals surface area contributed by atoms with Crippen molar-refractivity contribution in [1.29, 1.82) is 0 Å². The summed E-state index contributed by atoms with van der Waals surface area (Å²) in [5, 5.41) is 14.0. The van der Waals surface area contributed by atoms with Crippen molar-refractivity contribution in [3.63, 3.8) is 0 Å². The summed E-state index contributed by atoms with van der Waals surface area (Å²) in [5.41, 5.74) is 1.00. The summed E-state index contributed by atoms with van der Waals surface area (Å²) in [5.74, 6) is 1.91. The Kier molecular flexibility index (Phi) is 4.98. The fraction of sp³-hybridized carbons (Fsp3) is 0.737. The lowest BCUT2D eigenvalue weighted by atomic mass is 10.0. The van der Waals surface area contributed by atoms with Gasteiger partial charge in [-0.3, -0.25) is 14.9 Å². The predicted octanol–water partition coefficient (Wildman–Crippen LogP) is 2.62. The normalized spacial score (nSPS) is 26.7. The van der Waals surface area contributed by atoms with E-state index in [1.165, 1.54) is 25.7 Å². The lowest BCUT2D eigenvalue weighted by molar-refractivity contribution is -0.125. The van der Waals surface area contributed by atoms with Crippen LogP contribution in [0.4, 0.5) is 5.82 Å². The van der Waals surface area contributed by atoms with Gasteiger partial charge in [-0.25, -0.2) is 4.68 Å². The highest BCUT2D eigenvalue weighted by Crippen LogP contribution is 2.40. The van der Waals surface area contributed by atoms with Gasteiger partial charge in [-0.15, -0.1) is 0 Å². The summed E-state index contributed by atoms with van der Waals surface area (Å²) in [6, 6.07) is 2.05. The Hall–Kier alpha value is -1.89. The van der Waals surface area contributed by atoms with Gasteiger partial charge in [-0.1, -0.05) is 25.7 Å². The first-order valence-electron chi connectivity index (χ1n) is 10.0. The minimum absolute atomic E-state index is 0.00299. The average Bonchev–Trinajstić information content (AvgIpc) is 3.15. The molecule has 0 radical (unpaired) electrons. The first kappa shape index (κ1) is 17.5. The number of nitrogens with one attached hydrogen (secondary N) is 3. The topological polar surface area (TPSA) is 88.1 Å². The van der Waals surface area contributed by atoms with E-state index in [9.17, 15) is 9.59 Å². The summed E-state index contributed by atoms with van der Waals surface area (Å²) in [7, 11) is 0. The van der Waals surface area contributed by atoms with E-state index in [2.05, 4.69) is 21.0 Å². The zero-order chi connectivity index (χ0) is 18.1. The summed E-state index contributed by atoms with van der Waals surface area (Å²) >= 11 is 0. The molecule has 4 rings (SSSR count). The summed E-state index contributed by atoms with van der Waals surface area (Å²) < 4.78 is 1.73. The van der Waals surface area contributed by atoms with Gasteiger partial charge in [0.2, 0.25) is 11.8 Å². The highest BCUT2D eigenvalue weighted by molar-refractivity contribution is 5.90. The van der Waals surface area contributed by atoms with Crippen molar-refractivity contribution in [3.05, 3.63) is 11.8 Å². The molecule has 2 aliphatic carbocycles. The minimum Gasteiger partial charge on any atom is -0.322 e. The molecule has 7 nitrogen and oxygen atoms in total. The molecule has 7 heteroatoms. The van der Waals surface area contributed by atoms with Crippen LogP contribution in [-0.4, -0.2) is 27.6 Å². The Morgan fingerprint density at radius 1 is 1.31 bits per heavy atom. The third kappa shape index (κ3) is 4.09. The summed E-state index contributed by atoms with van der Waals surface area (Å²) in [6.45, 7) is 1.98. The Morgan fingerprint density at radius 2 is 2.08 bits per heavy atom. The monoisotopic (exact) mass is 359 g/mol. The van der Waals surface area contributed by atoms with E-state index >= 15 is 0 Å². The van der Waals surface area contributed by atoms with Crippen LogP contribution < -0.4 is 16.0 Å². The number of aromatic nitrogens is 2. The van der Waals surface area contributed by atoms with E-state index in [0.29, 0.717) is 30.5 Å². The fourth-order valence-electron chi connectivity index (χ4n) is 4.11. The highest BCUT2D eigenvalue weighted by Gasteiger charge is 2.31. The molecule has 2 saturated carbocycles. The second-order valence-corrected chi connectivity index (χ2v) is 8.15. The maximum atomic E-state index is 12.5. The Bertz CT molecular complexity index is 675. The first-order chi connectivity index (χ1) is 12.6. The van der Waals surface area contributed by atoms with Crippen LogP contribution in [0.5, 0.6) is 0 Å². The van der Waals surface area contributed by atoms with Gasteiger partial charge < -0.3 is 10.6 Å². The van der Waals surface area contributed by atoms with Crippen molar-refractivity contribution < 1.29 is 9.59 Å². The molecule has 142 valence electrons. The maximum Gasteiger partial charge on any atom is 0.225 e. The van der Waals surface area contributed by atoms with Crippen molar-refractivity contribution in [1.82, 2.24) is 20.4 Å². The van der Waals surface area contributed by atoms with Gasteiger partial charge in [0.1, 0.15) is 5.82 Å². The largest absolute Gasteiger partial charge is 0.322 e. The van der Waals surface area contributed by atoms with Gasteiger partial charge in [0.25, 0.3) is 0 Å². The van der Waals surface area contributed by atoms with Gasteiger partial charge in [-0.05, 0) is 32.1 Å². The van der Waals surface area contributed by atoms with Gasteiger partial charge in [0.05, 0.1) is 5.69 Å². The molecular formula is C19H29N5O2. The molecule has 1 aromatic heterocycles. The van der Waals surface area contributed by atoms with Gasteiger partial charge in [0.15, 0.2) is 6.29 Å². The quantitative estimate of drug-likeness (QED) is 0.728. The number of amides is 2. The van der Waals surface area contributed by atoms with Crippen LogP contribution in [0.2, 0.25) is 0 Å². The van der Waals surface area contributed by atoms with E-state index in [1.807, 2.05) is 13.0 Å². The van der Waals surface area contributed by atoms with Crippen LogP contribution in [0.25, 0.3) is 0 Å². The number of rotatable bonds is 6. The van der Waals surface area contributed by atoms with Crippen molar-refractivity contribution in [2.45, 2.75) is 83.0 Å². The summed E-state index contributed by atoms with van der Waals surface area (Å²) in [6.07, 6.45) is 8.96. The van der Waals surface area contributed by atoms with E-state index < -0.39 is 6.29 Å².